The molecule has 0 atom stereocenters. The molecule has 0 unspecified atom stereocenters. The van der Waals surface area contributed by atoms with E-state index in [1.54, 1.807) is 0 Å². The van der Waals surface area contributed by atoms with Crippen LogP contribution in [0.3, 0.4) is 0 Å². The Bertz CT molecular complexity index is 511. The van der Waals surface area contributed by atoms with E-state index in [0.29, 0.717) is 6.07 Å². The Morgan fingerprint density at radius 2 is 1.73 bits per heavy atom. The van der Waals surface area contributed by atoms with E-state index < -0.39 is 27.2 Å². The minimum absolute atomic E-state index is 0.340. The molecule has 1 heterocycles. The zero-order valence-electron chi connectivity index (χ0n) is 6.91. The van der Waals surface area contributed by atoms with Crippen LogP contribution in [0.5, 0.6) is 11.5 Å². The first-order valence-electron chi connectivity index (χ1n) is 3.62. The summed E-state index contributed by atoms with van der Waals surface area (Å²) in [6.07, 6.45) is -3.85. The van der Waals surface area contributed by atoms with Gasteiger partial charge in [-0.05, 0) is 12.1 Å². The van der Waals surface area contributed by atoms with Crippen molar-refractivity contribution in [3.63, 3.8) is 0 Å². The van der Waals surface area contributed by atoms with E-state index in [2.05, 4.69) is 9.47 Å². The summed E-state index contributed by atoms with van der Waals surface area (Å²) < 4.78 is 66.2. The summed E-state index contributed by atoms with van der Waals surface area (Å²) >= 11 is 0. The van der Waals surface area contributed by atoms with Crippen molar-refractivity contribution in [2.45, 2.75) is 11.2 Å². The van der Waals surface area contributed by atoms with Crippen LogP contribution in [0, 0.1) is 0 Å². The van der Waals surface area contributed by atoms with Gasteiger partial charge in [0.15, 0.2) is 11.5 Å². The number of fused-ring (bicyclic) bond motifs is 1. The van der Waals surface area contributed by atoms with Crippen molar-refractivity contribution in [2.75, 3.05) is 0 Å². The lowest BCUT2D eigenvalue weighted by molar-refractivity contribution is -0.286. The van der Waals surface area contributed by atoms with Gasteiger partial charge in [0, 0.05) is 6.07 Å². The molecule has 0 amide bonds. The molecular formula is C7H3F3O4S. The van der Waals surface area contributed by atoms with Gasteiger partial charge in [-0.1, -0.05) is 0 Å². The number of benzene rings is 1. The van der Waals surface area contributed by atoms with Gasteiger partial charge < -0.3 is 9.47 Å². The SMILES string of the molecule is O=S(=O)(F)c1ccc2c(c1)OC(F)(F)O2. The minimum Gasteiger partial charge on any atom is -0.395 e. The average Bonchev–Trinajstić information content (AvgIpc) is 2.34. The highest BCUT2D eigenvalue weighted by molar-refractivity contribution is 7.86. The Kier molecular flexibility index (Phi) is 1.87. The first-order valence-corrected chi connectivity index (χ1v) is 5.01. The summed E-state index contributed by atoms with van der Waals surface area (Å²) in [6, 6.07) is 2.33. The summed E-state index contributed by atoms with van der Waals surface area (Å²) in [5, 5.41) is 0. The lowest BCUT2D eigenvalue weighted by Crippen LogP contribution is -2.25. The monoisotopic (exact) mass is 240 g/mol. The molecule has 0 spiro atoms. The summed E-state index contributed by atoms with van der Waals surface area (Å²) in [5.41, 5.74) is 0. The van der Waals surface area contributed by atoms with E-state index in [1.807, 2.05) is 0 Å². The van der Waals surface area contributed by atoms with Crippen LogP contribution in [0.25, 0.3) is 0 Å². The average molecular weight is 240 g/mol. The molecular weight excluding hydrogens is 237 g/mol. The van der Waals surface area contributed by atoms with Crippen LogP contribution in [0.2, 0.25) is 0 Å². The molecule has 1 aromatic carbocycles. The molecule has 15 heavy (non-hydrogen) atoms. The predicted octanol–water partition coefficient (Wildman–Crippen LogP) is 1.67. The van der Waals surface area contributed by atoms with Crippen molar-refractivity contribution < 1.29 is 30.6 Å². The maximum Gasteiger partial charge on any atom is 0.586 e. The van der Waals surface area contributed by atoms with E-state index >= 15 is 0 Å². The highest BCUT2D eigenvalue weighted by Gasteiger charge is 2.43. The van der Waals surface area contributed by atoms with E-state index in [9.17, 15) is 21.1 Å². The summed E-state index contributed by atoms with van der Waals surface area (Å²) in [4.78, 5) is -0.762. The Morgan fingerprint density at radius 1 is 1.13 bits per heavy atom. The summed E-state index contributed by atoms with van der Waals surface area (Å²) in [5.74, 6) is -0.855. The maximum absolute atomic E-state index is 12.5. The molecule has 4 nitrogen and oxygen atoms in total. The van der Waals surface area contributed by atoms with Gasteiger partial charge in [0.25, 0.3) is 0 Å². The Balaban J connectivity index is 2.48. The quantitative estimate of drug-likeness (QED) is 0.700. The highest BCUT2D eigenvalue weighted by Crippen LogP contribution is 2.41. The van der Waals surface area contributed by atoms with Gasteiger partial charge in [-0.15, -0.1) is 12.7 Å². The maximum atomic E-state index is 12.5. The lowest BCUT2D eigenvalue weighted by Gasteiger charge is -2.04. The number of ether oxygens (including phenoxy) is 2. The van der Waals surface area contributed by atoms with Gasteiger partial charge in [-0.25, -0.2) is 0 Å². The number of halogens is 3. The molecule has 0 saturated heterocycles. The first-order chi connectivity index (χ1) is 6.78. The van der Waals surface area contributed by atoms with Crippen molar-refractivity contribution in [1.82, 2.24) is 0 Å². The van der Waals surface area contributed by atoms with Crippen LogP contribution < -0.4 is 9.47 Å². The molecule has 0 saturated carbocycles. The fourth-order valence-electron chi connectivity index (χ4n) is 1.08. The van der Waals surface area contributed by atoms with Gasteiger partial charge in [-0.2, -0.15) is 8.42 Å². The van der Waals surface area contributed by atoms with Gasteiger partial charge in [0.2, 0.25) is 0 Å². The second-order valence-electron chi connectivity index (χ2n) is 2.71. The van der Waals surface area contributed by atoms with E-state index in [0.717, 1.165) is 12.1 Å². The molecule has 0 aromatic heterocycles. The molecule has 8 heteroatoms. The Morgan fingerprint density at radius 3 is 2.33 bits per heavy atom. The van der Waals surface area contributed by atoms with E-state index in [4.69, 9.17) is 0 Å². The number of hydrogen-bond donors (Lipinski definition) is 0. The molecule has 1 aliphatic rings. The van der Waals surface area contributed by atoms with Gasteiger partial charge in [0.05, 0.1) is 0 Å². The number of alkyl halides is 2. The van der Waals surface area contributed by atoms with Crippen molar-refractivity contribution in [1.29, 1.82) is 0 Å². The second-order valence-corrected chi connectivity index (χ2v) is 4.06. The van der Waals surface area contributed by atoms with Crippen molar-refractivity contribution >= 4 is 10.2 Å². The fourth-order valence-corrected chi connectivity index (χ4v) is 1.56. The third kappa shape index (κ3) is 1.84. The minimum atomic E-state index is -4.94. The molecule has 82 valence electrons. The first kappa shape index (κ1) is 10.1. The lowest BCUT2D eigenvalue weighted by atomic mass is 10.3. The Labute approximate surface area is 82.4 Å². The smallest absolute Gasteiger partial charge is 0.395 e. The van der Waals surface area contributed by atoms with Gasteiger partial charge in [0.1, 0.15) is 4.90 Å². The zero-order chi connectivity index (χ0) is 11.3. The Hall–Kier alpha value is -1.44. The van der Waals surface area contributed by atoms with Gasteiger partial charge in [-0.3, -0.25) is 0 Å². The molecule has 0 N–H and O–H groups in total. The number of rotatable bonds is 1. The molecule has 0 fully saturated rings. The van der Waals surface area contributed by atoms with Crippen LogP contribution in [0.15, 0.2) is 23.1 Å². The third-order valence-electron chi connectivity index (χ3n) is 1.65. The van der Waals surface area contributed by atoms with Crippen LogP contribution in [-0.4, -0.2) is 14.7 Å². The molecule has 0 radical (unpaired) electrons. The molecule has 2 rings (SSSR count). The highest BCUT2D eigenvalue weighted by atomic mass is 32.3. The third-order valence-corrected chi connectivity index (χ3v) is 2.47. The molecule has 1 aromatic rings. The van der Waals surface area contributed by atoms with Gasteiger partial charge >= 0.3 is 16.5 Å². The van der Waals surface area contributed by atoms with Crippen LogP contribution >= 0.6 is 0 Å². The summed E-state index contributed by atoms with van der Waals surface area (Å²) in [7, 11) is -4.94. The van der Waals surface area contributed by atoms with Crippen LogP contribution in [0.1, 0.15) is 0 Å². The summed E-state index contributed by atoms with van der Waals surface area (Å²) in [6.45, 7) is 0. The van der Waals surface area contributed by atoms with Crippen molar-refractivity contribution in [3.05, 3.63) is 18.2 Å². The normalized spacial score (nSPS) is 17.8. The van der Waals surface area contributed by atoms with Crippen LogP contribution in [0.4, 0.5) is 12.7 Å². The van der Waals surface area contributed by atoms with E-state index in [1.165, 1.54) is 0 Å². The standard InChI is InChI=1S/C7H3F3O4S/c8-7(9)13-5-2-1-4(15(10,11)12)3-6(5)14-7/h1-3H. The van der Waals surface area contributed by atoms with E-state index in [-0.39, 0.29) is 5.75 Å². The van der Waals surface area contributed by atoms with Crippen LogP contribution in [-0.2, 0) is 10.2 Å². The molecule has 0 aliphatic carbocycles. The largest absolute Gasteiger partial charge is 0.586 e. The van der Waals surface area contributed by atoms with Crippen molar-refractivity contribution in [3.8, 4) is 11.5 Å². The molecule has 1 aliphatic heterocycles. The topological polar surface area (TPSA) is 52.6 Å². The van der Waals surface area contributed by atoms with Crippen molar-refractivity contribution in [2.24, 2.45) is 0 Å². The molecule has 0 bridgehead atoms. The second kappa shape index (κ2) is 2.78. The zero-order valence-corrected chi connectivity index (χ0v) is 7.72. The number of hydrogen-bond acceptors (Lipinski definition) is 4. The predicted molar refractivity (Wildman–Crippen MR) is 40.9 cm³/mol. The fraction of sp³-hybridized carbons (Fsp3) is 0.143.